The van der Waals surface area contributed by atoms with E-state index in [1.807, 2.05) is 19.9 Å². The first-order chi connectivity index (χ1) is 11.0. The number of amides is 3. The van der Waals surface area contributed by atoms with Crippen LogP contribution in [0.4, 0.5) is 0 Å². The number of nitrogens with zero attached hydrogens (tertiary/aromatic N) is 2. The van der Waals surface area contributed by atoms with Gasteiger partial charge in [0.15, 0.2) is 0 Å². The quantitative estimate of drug-likeness (QED) is 0.890. The average molecular weight is 317 g/mol. The lowest BCUT2D eigenvalue weighted by Crippen LogP contribution is -2.53. The molecule has 6 heteroatoms. The van der Waals surface area contributed by atoms with Crippen LogP contribution in [0.25, 0.3) is 0 Å². The number of benzene rings is 1. The molecule has 0 spiro atoms. The van der Waals surface area contributed by atoms with Gasteiger partial charge in [-0.1, -0.05) is 32.0 Å². The summed E-state index contributed by atoms with van der Waals surface area (Å²) >= 11 is 0. The Bertz CT molecular complexity index is 564. The van der Waals surface area contributed by atoms with Gasteiger partial charge in [-0.2, -0.15) is 0 Å². The standard InChI is InChI=1S/C17H23N3O3/c1-13(2)17(23)20-10-8-19(9-11-20)15(21)12-18-16(22)14-6-4-3-5-7-14/h3-7,13H,8-12H2,1-2H3,(H,18,22). The highest BCUT2D eigenvalue weighted by Gasteiger charge is 2.25. The molecule has 124 valence electrons. The normalized spacial score (nSPS) is 14.7. The summed E-state index contributed by atoms with van der Waals surface area (Å²) < 4.78 is 0. The predicted octanol–water partition coefficient (Wildman–Crippen LogP) is 0.743. The van der Waals surface area contributed by atoms with Crippen molar-refractivity contribution in [2.24, 2.45) is 5.92 Å². The van der Waals surface area contributed by atoms with Crippen molar-refractivity contribution in [3.8, 4) is 0 Å². The van der Waals surface area contributed by atoms with E-state index in [2.05, 4.69) is 5.32 Å². The minimum atomic E-state index is -0.257. The largest absolute Gasteiger partial charge is 0.343 e. The van der Waals surface area contributed by atoms with Crippen molar-refractivity contribution in [3.05, 3.63) is 35.9 Å². The van der Waals surface area contributed by atoms with Gasteiger partial charge in [0.05, 0.1) is 6.54 Å². The lowest BCUT2D eigenvalue weighted by Gasteiger charge is -2.35. The Balaban J connectivity index is 1.77. The minimum absolute atomic E-state index is 0.0220. The monoisotopic (exact) mass is 317 g/mol. The van der Waals surface area contributed by atoms with Gasteiger partial charge in [-0.25, -0.2) is 0 Å². The Hall–Kier alpha value is -2.37. The third-order valence-electron chi connectivity index (χ3n) is 3.87. The number of rotatable bonds is 4. The van der Waals surface area contributed by atoms with Crippen LogP contribution in [0.5, 0.6) is 0 Å². The second-order valence-electron chi connectivity index (χ2n) is 5.91. The highest BCUT2D eigenvalue weighted by atomic mass is 16.2. The maximum absolute atomic E-state index is 12.2. The Morgan fingerprint density at radius 1 is 1.00 bits per heavy atom. The molecule has 0 aliphatic carbocycles. The highest BCUT2D eigenvalue weighted by molar-refractivity contribution is 5.96. The summed E-state index contributed by atoms with van der Waals surface area (Å²) in [6.07, 6.45) is 0. The highest BCUT2D eigenvalue weighted by Crippen LogP contribution is 2.07. The molecule has 0 radical (unpaired) electrons. The van der Waals surface area contributed by atoms with Crippen LogP contribution in [0.15, 0.2) is 30.3 Å². The lowest BCUT2D eigenvalue weighted by molar-refractivity contribution is -0.140. The molecule has 0 saturated carbocycles. The van der Waals surface area contributed by atoms with Gasteiger partial charge in [0.1, 0.15) is 0 Å². The molecule has 1 saturated heterocycles. The van der Waals surface area contributed by atoms with E-state index in [0.29, 0.717) is 31.7 Å². The number of nitrogens with one attached hydrogen (secondary N) is 1. The smallest absolute Gasteiger partial charge is 0.251 e. The Morgan fingerprint density at radius 2 is 1.57 bits per heavy atom. The summed E-state index contributed by atoms with van der Waals surface area (Å²) in [6, 6.07) is 8.80. The lowest BCUT2D eigenvalue weighted by atomic mass is 10.1. The van der Waals surface area contributed by atoms with Crippen LogP contribution in [0.1, 0.15) is 24.2 Å². The number of carbonyl (C=O) groups excluding carboxylic acids is 3. The van der Waals surface area contributed by atoms with Crippen LogP contribution in [0.2, 0.25) is 0 Å². The van der Waals surface area contributed by atoms with Crippen LogP contribution in [-0.2, 0) is 9.59 Å². The molecule has 23 heavy (non-hydrogen) atoms. The Morgan fingerprint density at radius 3 is 2.13 bits per heavy atom. The predicted molar refractivity (Wildman–Crippen MR) is 86.8 cm³/mol. The third-order valence-corrected chi connectivity index (χ3v) is 3.87. The second-order valence-corrected chi connectivity index (χ2v) is 5.91. The second kappa shape index (κ2) is 7.76. The zero-order chi connectivity index (χ0) is 16.8. The number of piperazine rings is 1. The van der Waals surface area contributed by atoms with Crippen molar-refractivity contribution in [2.45, 2.75) is 13.8 Å². The van der Waals surface area contributed by atoms with Crippen LogP contribution in [0, 0.1) is 5.92 Å². The van der Waals surface area contributed by atoms with Crippen molar-refractivity contribution < 1.29 is 14.4 Å². The first-order valence-electron chi connectivity index (χ1n) is 7.89. The van der Waals surface area contributed by atoms with Crippen molar-refractivity contribution in [1.82, 2.24) is 15.1 Å². The molecule has 1 fully saturated rings. The molecule has 1 aromatic rings. The summed E-state index contributed by atoms with van der Waals surface area (Å²) in [5.74, 6) is -0.282. The molecule has 2 rings (SSSR count). The van der Waals surface area contributed by atoms with Crippen molar-refractivity contribution >= 4 is 17.7 Å². The molecular formula is C17H23N3O3. The van der Waals surface area contributed by atoms with Crippen LogP contribution in [0.3, 0.4) is 0 Å². The average Bonchev–Trinajstić information content (AvgIpc) is 2.59. The molecule has 1 aliphatic heterocycles. The third kappa shape index (κ3) is 4.55. The van der Waals surface area contributed by atoms with Gasteiger partial charge < -0.3 is 15.1 Å². The fraction of sp³-hybridized carbons (Fsp3) is 0.471. The summed E-state index contributed by atoms with van der Waals surface area (Å²) in [7, 11) is 0. The Kier molecular flexibility index (Phi) is 5.73. The number of hydrogen-bond acceptors (Lipinski definition) is 3. The molecular weight excluding hydrogens is 294 g/mol. The van der Waals surface area contributed by atoms with Gasteiger partial charge in [0, 0.05) is 37.7 Å². The molecule has 0 atom stereocenters. The summed E-state index contributed by atoms with van der Waals surface area (Å²) in [6.45, 7) is 5.85. The minimum Gasteiger partial charge on any atom is -0.343 e. The maximum atomic E-state index is 12.2. The molecule has 6 nitrogen and oxygen atoms in total. The number of carbonyl (C=O) groups is 3. The Labute approximate surface area is 136 Å². The maximum Gasteiger partial charge on any atom is 0.251 e. The summed E-state index contributed by atoms with van der Waals surface area (Å²) in [5, 5.41) is 2.64. The molecule has 0 aromatic heterocycles. The van der Waals surface area contributed by atoms with E-state index >= 15 is 0 Å². The SMILES string of the molecule is CC(C)C(=O)N1CCN(C(=O)CNC(=O)c2ccccc2)CC1. The van der Waals surface area contributed by atoms with E-state index in [1.54, 1.807) is 34.1 Å². The van der Waals surface area contributed by atoms with E-state index in [4.69, 9.17) is 0 Å². The van der Waals surface area contributed by atoms with Crippen molar-refractivity contribution in [2.75, 3.05) is 32.7 Å². The van der Waals surface area contributed by atoms with Gasteiger partial charge in [0.2, 0.25) is 11.8 Å². The first kappa shape index (κ1) is 17.0. The molecule has 0 unspecified atom stereocenters. The van der Waals surface area contributed by atoms with Gasteiger partial charge in [-0.15, -0.1) is 0 Å². The molecule has 1 aliphatic rings. The molecule has 0 bridgehead atoms. The summed E-state index contributed by atoms with van der Waals surface area (Å²) in [4.78, 5) is 39.5. The topological polar surface area (TPSA) is 69.7 Å². The molecule has 1 heterocycles. The van der Waals surface area contributed by atoms with Gasteiger partial charge in [0.25, 0.3) is 5.91 Å². The molecule has 1 N–H and O–H groups in total. The van der Waals surface area contributed by atoms with E-state index in [9.17, 15) is 14.4 Å². The van der Waals surface area contributed by atoms with E-state index in [1.165, 1.54) is 0 Å². The van der Waals surface area contributed by atoms with Gasteiger partial charge in [-0.05, 0) is 12.1 Å². The van der Waals surface area contributed by atoms with Crippen LogP contribution < -0.4 is 5.32 Å². The van der Waals surface area contributed by atoms with Crippen LogP contribution in [-0.4, -0.2) is 60.2 Å². The number of hydrogen-bond donors (Lipinski definition) is 1. The van der Waals surface area contributed by atoms with Gasteiger partial charge >= 0.3 is 0 Å². The van der Waals surface area contributed by atoms with E-state index in [0.717, 1.165) is 0 Å². The summed E-state index contributed by atoms with van der Waals surface area (Å²) in [5.41, 5.74) is 0.535. The van der Waals surface area contributed by atoms with E-state index < -0.39 is 0 Å². The molecule has 1 aromatic carbocycles. The first-order valence-corrected chi connectivity index (χ1v) is 7.89. The van der Waals surface area contributed by atoms with E-state index in [-0.39, 0.29) is 30.2 Å². The zero-order valence-corrected chi connectivity index (χ0v) is 13.6. The van der Waals surface area contributed by atoms with Crippen LogP contribution >= 0.6 is 0 Å². The van der Waals surface area contributed by atoms with Gasteiger partial charge in [-0.3, -0.25) is 14.4 Å². The van der Waals surface area contributed by atoms with Crippen molar-refractivity contribution in [1.29, 1.82) is 0 Å². The fourth-order valence-corrected chi connectivity index (χ4v) is 2.50. The fourth-order valence-electron chi connectivity index (χ4n) is 2.50. The van der Waals surface area contributed by atoms with Crippen molar-refractivity contribution in [3.63, 3.8) is 0 Å². The zero-order valence-electron chi connectivity index (χ0n) is 13.6. The molecule has 3 amide bonds.